The van der Waals surface area contributed by atoms with E-state index < -0.39 is 19.4 Å². The van der Waals surface area contributed by atoms with Gasteiger partial charge in [-0.05, 0) is 24.3 Å². The van der Waals surface area contributed by atoms with Gasteiger partial charge in [0.25, 0.3) is 13.7 Å². The second-order valence-corrected chi connectivity index (χ2v) is 12.3. The van der Waals surface area contributed by atoms with Gasteiger partial charge in [-0.3, -0.25) is 9.36 Å². The largest absolute Gasteiger partial charge is 0.756 e. The van der Waals surface area contributed by atoms with Crippen LogP contribution >= 0.6 is 19.2 Å². The van der Waals surface area contributed by atoms with Crippen LogP contribution < -0.4 is 10.2 Å². The van der Waals surface area contributed by atoms with Crippen LogP contribution in [0, 0.1) is 11.8 Å². The van der Waals surface area contributed by atoms with E-state index in [1.54, 1.807) is 6.07 Å². The van der Waals surface area contributed by atoms with Crippen LogP contribution in [-0.2, 0) is 24.5 Å². The number of hydrogen-bond acceptors (Lipinski definition) is 9. The number of ether oxygens (including phenoxy) is 1. The van der Waals surface area contributed by atoms with Crippen molar-refractivity contribution in [1.29, 1.82) is 0 Å². The molecule has 2 aromatic rings. The highest BCUT2D eigenvalue weighted by Gasteiger charge is 2.53. The molecule has 3 aliphatic heterocycles. The van der Waals surface area contributed by atoms with Crippen LogP contribution in [-0.4, -0.2) is 68.7 Å². The Labute approximate surface area is 224 Å². The Kier molecular flexibility index (Phi) is 9.08. The van der Waals surface area contributed by atoms with Gasteiger partial charge in [0.1, 0.15) is 12.8 Å². The summed E-state index contributed by atoms with van der Waals surface area (Å²) < 4.78 is 20.3. The first kappa shape index (κ1) is 28.9. The van der Waals surface area contributed by atoms with Gasteiger partial charge < -0.3 is 38.8 Å². The quantitative estimate of drug-likeness (QED) is 0.217. The molecule has 0 spiro atoms. The second-order valence-electron chi connectivity index (χ2n) is 10.4. The Balaban J connectivity index is 0.000000617. The van der Waals surface area contributed by atoms with E-state index in [9.17, 15) is 14.7 Å². The topological polar surface area (TPSA) is 182 Å². The molecule has 5 heterocycles. The van der Waals surface area contributed by atoms with Gasteiger partial charge in [0.05, 0.1) is 13.1 Å². The highest BCUT2D eigenvalue weighted by atomic mass is 32.1. The SMILES string of the molecule is O=C(C[N+]12CCC(CC1)[C@@H](OC(=O)[C@](O)(c1cccs1)C1CCCCC1)C2)Nc1ccon1.O=P([O-])(O)O. The zero-order chi connectivity index (χ0) is 27.4. The smallest absolute Gasteiger partial charge is 0.344 e. The number of carbonyl (C=O) groups is 2. The van der Waals surface area contributed by atoms with Gasteiger partial charge in [0.15, 0.2) is 24.1 Å². The van der Waals surface area contributed by atoms with Crippen LogP contribution in [0.25, 0.3) is 0 Å². The molecule has 12 nitrogen and oxygen atoms in total. The summed E-state index contributed by atoms with van der Waals surface area (Å²) in [7, 11) is -4.89. The molecule has 3 saturated heterocycles. The monoisotopic (exact) mass is 571 g/mol. The summed E-state index contributed by atoms with van der Waals surface area (Å²) in [5.74, 6) is -0.0599. The van der Waals surface area contributed by atoms with E-state index in [0.29, 0.717) is 28.3 Å². The molecule has 210 valence electrons. The molecular formula is C24H34N3O9PS. The number of nitrogens with zero attached hydrogens (tertiary/aromatic N) is 2. The van der Waals surface area contributed by atoms with Gasteiger partial charge in [0.2, 0.25) is 0 Å². The van der Waals surface area contributed by atoms with Crippen molar-refractivity contribution in [2.75, 3.05) is 31.5 Å². The molecule has 1 aliphatic carbocycles. The Morgan fingerprint density at radius 2 is 1.89 bits per heavy atom. The first-order chi connectivity index (χ1) is 18.0. The standard InChI is InChI=1S/C24H31N3O5S.H3O4P/c28-22(25-21-10-13-31-26-21)16-27-11-8-17(9-12-27)19(15-27)32-23(29)24(30,20-7-4-14-33-20)18-5-2-1-3-6-18;1-5(2,3)4/h4,7,10,13-14,17-19,30H,1-3,5-6,8-9,11-12,15-16H2;(H3,1,2,3,4)/t17?,19-,24+,27?;/m0./s1. The van der Waals surface area contributed by atoms with Gasteiger partial charge in [-0.25, -0.2) is 4.79 Å². The fourth-order valence-electron chi connectivity index (χ4n) is 6.05. The van der Waals surface area contributed by atoms with E-state index in [0.717, 1.165) is 58.0 Å². The lowest BCUT2D eigenvalue weighted by Gasteiger charge is -2.52. The number of esters is 1. The van der Waals surface area contributed by atoms with Crippen molar-refractivity contribution in [3.63, 3.8) is 0 Å². The maximum atomic E-state index is 13.6. The van der Waals surface area contributed by atoms with Crippen molar-refractivity contribution in [3.8, 4) is 0 Å². The lowest BCUT2D eigenvalue weighted by atomic mass is 9.75. The third-order valence-corrected chi connectivity index (χ3v) is 8.88. The van der Waals surface area contributed by atoms with Gasteiger partial charge in [-0.2, -0.15) is 0 Å². The fraction of sp³-hybridized carbons (Fsp3) is 0.625. The number of fused-ring (bicyclic) bond motifs is 3. The predicted octanol–water partition coefficient (Wildman–Crippen LogP) is 1.73. The average Bonchev–Trinajstić information content (AvgIpc) is 3.58. The molecule has 2 atom stereocenters. The summed E-state index contributed by atoms with van der Waals surface area (Å²) in [4.78, 5) is 49.8. The van der Waals surface area contributed by atoms with E-state index in [2.05, 4.69) is 10.5 Å². The molecule has 6 rings (SSSR count). The van der Waals surface area contributed by atoms with E-state index in [1.807, 2.05) is 17.5 Å². The van der Waals surface area contributed by atoms with Crippen molar-refractivity contribution < 1.29 is 47.7 Å². The summed E-state index contributed by atoms with van der Waals surface area (Å²) in [6.45, 7) is 2.70. The molecule has 4 N–H and O–H groups in total. The molecule has 0 unspecified atom stereocenters. The number of aromatic nitrogens is 1. The van der Waals surface area contributed by atoms with Gasteiger partial charge in [-0.1, -0.05) is 30.5 Å². The Morgan fingerprint density at radius 1 is 1.21 bits per heavy atom. The number of thiophene rings is 1. The van der Waals surface area contributed by atoms with Crippen molar-refractivity contribution in [3.05, 3.63) is 34.7 Å². The number of hydrogen-bond donors (Lipinski definition) is 4. The van der Waals surface area contributed by atoms with E-state index in [4.69, 9.17) is 28.5 Å². The number of nitrogens with one attached hydrogen (secondary N) is 1. The highest BCUT2D eigenvalue weighted by molar-refractivity contribution is 7.43. The number of carbonyl (C=O) groups excluding carboxylic acids is 2. The molecular weight excluding hydrogens is 537 g/mol. The Bertz CT molecular complexity index is 1100. The first-order valence-corrected chi connectivity index (χ1v) is 15.2. The third kappa shape index (κ3) is 7.09. The van der Waals surface area contributed by atoms with Crippen LogP contribution in [0.3, 0.4) is 0 Å². The molecule has 2 aromatic heterocycles. The molecule has 1 amide bonds. The molecule has 0 aromatic carbocycles. The van der Waals surface area contributed by atoms with Crippen LogP contribution in [0.5, 0.6) is 0 Å². The molecule has 38 heavy (non-hydrogen) atoms. The molecule has 0 radical (unpaired) electrons. The lowest BCUT2D eigenvalue weighted by molar-refractivity contribution is -0.939. The van der Waals surface area contributed by atoms with Gasteiger partial charge in [-0.15, -0.1) is 11.3 Å². The van der Waals surface area contributed by atoms with E-state index >= 15 is 0 Å². The van der Waals surface area contributed by atoms with E-state index in [1.165, 1.54) is 17.6 Å². The molecule has 4 aliphatic rings. The minimum Gasteiger partial charge on any atom is -0.756 e. The minimum absolute atomic E-state index is 0.116. The number of quaternary nitrogens is 1. The first-order valence-electron chi connectivity index (χ1n) is 12.8. The number of piperidine rings is 3. The van der Waals surface area contributed by atoms with Crippen molar-refractivity contribution in [1.82, 2.24) is 5.16 Å². The average molecular weight is 572 g/mol. The van der Waals surface area contributed by atoms with E-state index in [-0.39, 0.29) is 23.8 Å². The Morgan fingerprint density at radius 3 is 2.47 bits per heavy atom. The molecule has 1 saturated carbocycles. The summed E-state index contributed by atoms with van der Waals surface area (Å²) in [6.07, 6.45) is 7.83. The number of phosphoric acid groups is 1. The maximum absolute atomic E-state index is 13.6. The zero-order valence-corrected chi connectivity index (χ0v) is 22.6. The maximum Gasteiger partial charge on any atom is 0.344 e. The van der Waals surface area contributed by atoms with Crippen LogP contribution in [0.2, 0.25) is 0 Å². The normalized spacial score (nSPS) is 27.1. The van der Waals surface area contributed by atoms with Crippen molar-refractivity contribution in [2.24, 2.45) is 11.8 Å². The summed E-state index contributed by atoms with van der Waals surface area (Å²) in [5, 5.41) is 20.2. The van der Waals surface area contributed by atoms with Crippen LogP contribution in [0.4, 0.5) is 5.82 Å². The minimum atomic E-state index is -4.89. The summed E-state index contributed by atoms with van der Waals surface area (Å²) in [5.41, 5.74) is -1.59. The number of rotatable bonds is 7. The van der Waals surface area contributed by atoms with Crippen LogP contribution in [0.15, 0.2) is 34.4 Å². The summed E-state index contributed by atoms with van der Waals surface area (Å²) >= 11 is 1.42. The number of anilines is 1. The van der Waals surface area contributed by atoms with Gasteiger partial charge >= 0.3 is 5.97 Å². The third-order valence-electron chi connectivity index (χ3n) is 7.89. The molecule has 2 bridgehead atoms. The van der Waals surface area contributed by atoms with Gasteiger partial charge in [0, 0.05) is 35.6 Å². The predicted molar refractivity (Wildman–Crippen MR) is 134 cm³/mol. The Hall–Kier alpha value is -2.12. The zero-order valence-electron chi connectivity index (χ0n) is 20.9. The fourth-order valence-corrected chi connectivity index (χ4v) is 6.94. The highest BCUT2D eigenvalue weighted by Crippen LogP contribution is 2.43. The second kappa shape index (κ2) is 12.0. The van der Waals surface area contributed by atoms with Crippen molar-refractivity contribution >= 4 is 36.9 Å². The van der Waals surface area contributed by atoms with Crippen molar-refractivity contribution in [2.45, 2.75) is 56.7 Å². The molecule has 14 heteroatoms. The lowest BCUT2D eigenvalue weighted by Crippen LogP contribution is -2.66. The van der Waals surface area contributed by atoms with Crippen LogP contribution in [0.1, 0.15) is 49.8 Å². The molecule has 4 fully saturated rings. The number of amides is 1. The summed E-state index contributed by atoms with van der Waals surface area (Å²) in [6, 6.07) is 5.34. The number of aliphatic hydroxyl groups is 1.